The van der Waals surface area contributed by atoms with Crippen LogP contribution < -0.4 is 10.1 Å². The number of amides is 1. The monoisotopic (exact) mass is 364 g/mol. The number of carboxylic acid groups (broad SMARTS) is 1. The van der Waals surface area contributed by atoms with Crippen molar-refractivity contribution in [3.8, 4) is 11.8 Å². The molecule has 2 aromatic rings. The second-order valence-electron chi connectivity index (χ2n) is 6.00. The number of rotatable bonds is 7. The molecule has 0 saturated carbocycles. The van der Waals surface area contributed by atoms with E-state index < -0.39 is 11.9 Å². The zero-order valence-corrected chi connectivity index (χ0v) is 15.2. The minimum Gasteiger partial charge on any atom is -0.493 e. The van der Waals surface area contributed by atoms with E-state index in [2.05, 4.69) is 5.32 Å². The number of aliphatic carboxylic acids is 1. The molecule has 2 aromatic carbocycles. The van der Waals surface area contributed by atoms with E-state index >= 15 is 0 Å². The van der Waals surface area contributed by atoms with Gasteiger partial charge in [-0.2, -0.15) is 5.26 Å². The molecule has 0 aliphatic rings. The molecule has 2 N–H and O–H groups in total. The fourth-order valence-corrected chi connectivity index (χ4v) is 2.38. The number of benzene rings is 2. The van der Waals surface area contributed by atoms with Gasteiger partial charge in [0.15, 0.2) is 0 Å². The standard InChI is InChI=1S/C21H20N2O4/c1-14-3-8-19(15(2)11-14)23-21(26)17(13-22)12-16-4-6-18(7-5-16)27-10-9-20(24)25/h3-8,11-12H,9-10H2,1-2H3,(H,23,26)(H,24,25)/b17-12+. The second-order valence-corrected chi connectivity index (χ2v) is 6.00. The van der Waals surface area contributed by atoms with Gasteiger partial charge in [-0.3, -0.25) is 9.59 Å². The van der Waals surface area contributed by atoms with E-state index in [1.165, 1.54) is 6.08 Å². The number of nitrogens with zero attached hydrogens (tertiary/aromatic N) is 1. The van der Waals surface area contributed by atoms with Crippen LogP contribution in [0.3, 0.4) is 0 Å². The first kappa shape index (κ1) is 19.7. The average molecular weight is 364 g/mol. The molecule has 0 atom stereocenters. The Morgan fingerprint density at radius 3 is 2.48 bits per heavy atom. The highest BCUT2D eigenvalue weighted by Crippen LogP contribution is 2.18. The third-order valence-electron chi connectivity index (χ3n) is 3.77. The quantitative estimate of drug-likeness (QED) is 0.576. The number of carbonyl (C=O) groups excluding carboxylic acids is 1. The summed E-state index contributed by atoms with van der Waals surface area (Å²) >= 11 is 0. The van der Waals surface area contributed by atoms with Crippen molar-refractivity contribution in [3.05, 3.63) is 64.7 Å². The molecule has 0 bridgehead atoms. The number of ether oxygens (including phenoxy) is 1. The van der Waals surface area contributed by atoms with Crippen molar-refractivity contribution >= 4 is 23.6 Å². The van der Waals surface area contributed by atoms with Gasteiger partial charge in [0.2, 0.25) is 0 Å². The summed E-state index contributed by atoms with van der Waals surface area (Å²) in [4.78, 5) is 22.8. The normalized spacial score (nSPS) is 10.8. The third-order valence-corrected chi connectivity index (χ3v) is 3.77. The summed E-state index contributed by atoms with van der Waals surface area (Å²) in [7, 11) is 0. The Bertz CT molecular complexity index is 909. The van der Waals surface area contributed by atoms with E-state index in [0.717, 1.165) is 11.1 Å². The van der Waals surface area contributed by atoms with Crippen LogP contribution in [0.2, 0.25) is 0 Å². The van der Waals surface area contributed by atoms with Crippen LogP contribution in [-0.4, -0.2) is 23.6 Å². The molecule has 0 spiro atoms. The summed E-state index contributed by atoms with van der Waals surface area (Å²) in [5.74, 6) is -0.888. The molecule has 0 heterocycles. The van der Waals surface area contributed by atoms with Gasteiger partial charge in [-0.25, -0.2) is 0 Å². The average Bonchev–Trinajstić information content (AvgIpc) is 2.63. The highest BCUT2D eigenvalue weighted by molar-refractivity contribution is 6.09. The van der Waals surface area contributed by atoms with Crippen LogP contribution in [0.5, 0.6) is 5.75 Å². The fourth-order valence-electron chi connectivity index (χ4n) is 2.38. The summed E-state index contributed by atoms with van der Waals surface area (Å²) < 4.78 is 5.31. The van der Waals surface area contributed by atoms with E-state index in [1.807, 2.05) is 32.0 Å². The molecule has 2 rings (SSSR count). The van der Waals surface area contributed by atoms with Crippen LogP contribution in [0.1, 0.15) is 23.1 Å². The van der Waals surface area contributed by atoms with Crippen molar-refractivity contribution in [2.24, 2.45) is 0 Å². The van der Waals surface area contributed by atoms with Crippen LogP contribution in [0, 0.1) is 25.2 Å². The first-order chi connectivity index (χ1) is 12.9. The lowest BCUT2D eigenvalue weighted by atomic mass is 10.1. The molecule has 0 saturated heterocycles. The van der Waals surface area contributed by atoms with Gasteiger partial charge in [-0.05, 0) is 49.2 Å². The largest absolute Gasteiger partial charge is 0.493 e. The number of nitriles is 1. The maximum Gasteiger partial charge on any atom is 0.306 e. The first-order valence-corrected chi connectivity index (χ1v) is 8.34. The molecule has 0 fully saturated rings. The minimum atomic E-state index is -0.928. The van der Waals surface area contributed by atoms with E-state index in [-0.39, 0.29) is 18.6 Å². The lowest BCUT2D eigenvalue weighted by molar-refractivity contribution is -0.137. The zero-order valence-electron chi connectivity index (χ0n) is 15.2. The predicted octanol–water partition coefficient (Wildman–Crippen LogP) is 3.70. The van der Waals surface area contributed by atoms with Crippen molar-refractivity contribution in [1.82, 2.24) is 0 Å². The van der Waals surface area contributed by atoms with Gasteiger partial charge in [0.05, 0.1) is 13.0 Å². The van der Waals surface area contributed by atoms with Gasteiger partial charge in [-0.15, -0.1) is 0 Å². The Kier molecular flexibility index (Phi) is 6.73. The molecule has 0 aromatic heterocycles. The SMILES string of the molecule is Cc1ccc(NC(=O)/C(C#N)=C/c2ccc(OCCC(=O)O)cc2)c(C)c1. The number of aryl methyl sites for hydroxylation is 2. The first-order valence-electron chi connectivity index (χ1n) is 8.34. The molecular formula is C21H20N2O4. The molecular weight excluding hydrogens is 344 g/mol. The van der Waals surface area contributed by atoms with Gasteiger partial charge in [0.25, 0.3) is 5.91 Å². The Labute approximate surface area is 157 Å². The van der Waals surface area contributed by atoms with Crippen LogP contribution in [0.15, 0.2) is 48.0 Å². The van der Waals surface area contributed by atoms with Crippen molar-refractivity contribution in [2.75, 3.05) is 11.9 Å². The summed E-state index contributed by atoms with van der Waals surface area (Å²) in [6.45, 7) is 3.93. The predicted molar refractivity (Wildman–Crippen MR) is 102 cm³/mol. The number of anilines is 1. The van der Waals surface area contributed by atoms with E-state index in [9.17, 15) is 14.9 Å². The van der Waals surface area contributed by atoms with E-state index in [0.29, 0.717) is 17.0 Å². The van der Waals surface area contributed by atoms with Crippen LogP contribution in [-0.2, 0) is 9.59 Å². The number of carbonyl (C=O) groups is 2. The fraction of sp³-hybridized carbons (Fsp3) is 0.190. The minimum absolute atomic E-state index is 0.0190. The Hall–Kier alpha value is -3.59. The Morgan fingerprint density at radius 1 is 1.19 bits per heavy atom. The van der Waals surface area contributed by atoms with Crippen molar-refractivity contribution in [3.63, 3.8) is 0 Å². The van der Waals surface area contributed by atoms with E-state index in [4.69, 9.17) is 9.84 Å². The molecule has 138 valence electrons. The van der Waals surface area contributed by atoms with Crippen LogP contribution in [0.4, 0.5) is 5.69 Å². The smallest absolute Gasteiger partial charge is 0.306 e. The molecule has 6 nitrogen and oxygen atoms in total. The maximum absolute atomic E-state index is 12.4. The van der Waals surface area contributed by atoms with Crippen molar-refractivity contribution in [2.45, 2.75) is 20.3 Å². The van der Waals surface area contributed by atoms with Gasteiger partial charge in [0.1, 0.15) is 17.4 Å². The lowest BCUT2D eigenvalue weighted by Crippen LogP contribution is -2.14. The lowest BCUT2D eigenvalue weighted by Gasteiger charge is -2.09. The van der Waals surface area contributed by atoms with Gasteiger partial charge >= 0.3 is 5.97 Å². The Morgan fingerprint density at radius 2 is 1.89 bits per heavy atom. The molecule has 0 unspecified atom stereocenters. The van der Waals surface area contributed by atoms with Crippen molar-refractivity contribution in [1.29, 1.82) is 5.26 Å². The zero-order chi connectivity index (χ0) is 19.8. The van der Waals surface area contributed by atoms with Crippen LogP contribution in [0.25, 0.3) is 6.08 Å². The summed E-state index contributed by atoms with van der Waals surface area (Å²) in [6, 6.07) is 14.3. The third kappa shape index (κ3) is 6.01. The maximum atomic E-state index is 12.4. The number of carboxylic acids is 1. The van der Waals surface area contributed by atoms with Gasteiger partial charge in [-0.1, -0.05) is 29.8 Å². The van der Waals surface area contributed by atoms with Crippen LogP contribution >= 0.6 is 0 Å². The molecule has 0 radical (unpaired) electrons. The Balaban J connectivity index is 2.07. The molecule has 27 heavy (non-hydrogen) atoms. The van der Waals surface area contributed by atoms with E-state index in [1.54, 1.807) is 30.3 Å². The summed E-state index contributed by atoms with van der Waals surface area (Å²) in [5, 5.41) is 20.7. The highest BCUT2D eigenvalue weighted by Gasteiger charge is 2.11. The number of nitrogens with one attached hydrogen (secondary N) is 1. The summed E-state index contributed by atoms with van der Waals surface area (Å²) in [6.07, 6.45) is 1.40. The summed E-state index contributed by atoms with van der Waals surface area (Å²) in [5.41, 5.74) is 3.31. The topological polar surface area (TPSA) is 99.4 Å². The van der Waals surface area contributed by atoms with Gasteiger partial charge < -0.3 is 15.2 Å². The molecule has 0 aliphatic heterocycles. The number of hydrogen-bond acceptors (Lipinski definition) is 4. The molecule has 0 aliphatic carbocycles. The number of hydrogen-bond donors (Lipinski definition) is 2. The van der Waals surface area contributed by atoms with Gasteiger partial charge in [0, 0.05) is 5.69 Å². The highest BCUT2D eigenvalue weighted by atomic mass is 16.5. The second kappa shape index (κ2) is 9.20. The molecule has 6 heteroatoms. The van der Waals surface area contributed by atoms with Crippen molar-refractivity contribution < 1.29 is 19.4 Å². The molecule has 1 amide bonds.